The maximum atomic E-state index is 13.4. The van der Waals surface area contributed by atoms with Crippen molar-refractivity contribution in [1.82, 2.24) is 5.32 Å². The van der Waals surface area contributed by atoms with Crippen LogP contribution < -0.4 is 20.7 Å². The monoisotopic (exact) mass is 561 g/mol. The highest BCUT2D eigenvalue weighted by Crippen LogP contribution is 2.22. The van der Waals surface area contributed by atoms with E-state index in [1.807, 2.05) is 0 Å². The van der Waals surface area contributed by atoms with Crippen molar-refractivity contribution in [2.75, 3.05) is 17.7 Å². The highest BCUT2D eigenvalue weighted by atomic mass is 16.6. The fourth-order valence-corrected chi connectivity index (χ4v) is 3.72. The van der Waals surface area contributed by atoms with Gasteiger partial charge >= 0.3 is 18.0 Å². The fraction of sp³-hybridized carbons (Fsp3) is 0.233. The number of ether oxygens (including phenoxy) is 2. The molecule has 0 heterocycles. The van der Waals surface area contributed by atoms with Crippen LogP contribution >= 0.6 is 0 Å². The van der Waals surface area contributed by atoms with Gasteiger partial charge in [0, 0.05) is 16.8 Å². The molecule has 0 fully saturated rings. The van der Waals surface area contributed by atoms with Crippen LogP contribution in [-0.4, -0.2) is 53.5 Å². The van der Waals surface area contributed by atoms with Gasteiger partial charge in [0.05, 0.1) is 24.8 Å². The molecule has 11 nitrogen and oxygen atoms in total. The summed E-state index contributed by atoms with van der Waals surface area (Å²) in [6.07, 6.45) is -0.514. The van der Waals surface area contributed by atoms with Crippen molar-refractivity contribution in [1.29, 1.82) is 0 Å². The average molecular weight is 562 g/mol. The number of methoxy groups -OCH3 is 1. The maximum Gasteiger partial charge on any atom is 0.335 e. The standard InChI is InChI=1S/C30H31N3O8/c1-30(2,3)41-25(34)17-24(33-29(39)31-20-9-7-8-19(16-20)28(37)38)27(36)32-23-11-6-5-10-22(23)26(35)18-12-14-21(40-4)15-13-18/h5-16,24H,17H2,1-4H3,(H,32,36)(H,37,38)(H2,31,33,39). The molecule has 3 amide bonds. The Kier molecular flexibility index (Phi) is 9.81. The van der Waals surface area contributed by atoms with Crippen molar-refractivity contribution in [3.05, 3.63) is 89.5 Å². The van der Waals surface area contributed by atoms with E-state index in [4.69, 9.17) is 9.47 Å². The number of carbonyl (C=O) groups excluding carboxylic acids is 4. The SMILES string of the molecule is COc1ccc(C(=O)c2ccccc2NC(=O)C(CC(=O)OC(C)(C)C)NC(=O)Nc2cccc(C(=O)O)c2)cc1. The molecule has 0 saturated carbocycles. The maximum absolute atomic E-state index is 13.4. The highest BCUT2D eigenvalue weighted by Gasteiger charge is 2.28. The molecule has 1 atom stereocenters. The van der Waals surface area contributed by atoms with E-state index in [1.54, 1.807) is 63.2 Å². The molecule has 0 radical (unpaired) electrons. The van der Waals surface area contributed by atoms with Gasteiger partial charge < -0.3 is 30.5 Å². The van der Waals surface area contributed by atoms with E-state index in [-0.39, 0.29) is 28.3 Å². The third-order valence-corrected chi connectivity index (χ3v) is 5.56. The third-order valence-electron chi connectivity index (χ3n) is 5.56. The third kappa shape index (κ3) is 8.92. The van der Waals surface area contributed by atoms with Gasteiger partial charge in [-0.2, -0.15) is 0 Å². The molecule has 3 rings (SSSR count). The molecule has 0 aliphatic rings. The van der Waals surface area contributed by atoms with E-state index >= 15 is 0 Å². The van der Waals surface area contributed by atoms with Crippen LogP contribution in [0.1, 0.15) is 53.5 Å². The van der Waals surface area contributed by atoms with E-state index in [0.717, 1.165) is 0 Å². The van der Waals surface area contributed by atoms with Crippen LogP contribution in [0.3, 0.4) is 0 Å². The summed E-state index contributed by atoms with van der Waals surface area (Å²) in [6, 6.07) is 16.0. The molecular weight excluding hydrogens is 530 g/mol. The number of benzene rings is 3. The lowest BCUT2D eigenvalue weighted by atomic mass is 10.0. The predicted molar refractivity (Wildman–Crippen MR) is 151 cm³/mol. The number of esters is 1. The van der Waals surface area contributed by atoms with E-state index in [2.05, 4.69) is 16.0 Å². The van der Waals surface area contributed by atoms with Crippen LogP contribution in [0.15, 0.2) is 72.8 Å². The van der Waals surface area contributed by atoms with Gasteiger partial charge in [0.15, 0.2) is 5.78 Å². The van der Waals surface area contributed by atoms with Gasteiger partial charge in [0.25, 0.3) is 0 Å². The summed E-state index contributed by atoms with van der Waals surface area (Å²) in [5.41, 5.74) is -0.00680. The molecule has 3 aromatic rings. The van der Waals surface area contributed by atoms with Gasteiger partial charge in [-0.1, -0.05) is 18.2 Å². The summed E-state index contributed by atoms with van der Waals surface area (Å²) in [7, 11) is 1.51. The molecule has 0 aromatic heterocycles. The zero-order valence-corrected chi connectivity index (χ0v) is 23.0. The number of hydrogen-bond acceptors (Lipinski definition) is 7. The number of amides is 3. The lowest BCUT2D eigenvalue weighted by Crippen LogP contribution is -2.47. The van der Waals surface area contributed by atoms with Gasteiger partial charge in [-0.05, 0) is 75.4 Å². The number of para-hydroxylation sites is 1. The first kappa shape index (κ1) is 30.4. The summed E-state index contributed by atoms with van der Waals surface area (Å²) in [5, 5.41) is 16.7. The number of ketones is 1. The topological polar surface area (TPSA) is 160 Å². The van der Waals surface area contributed by atoms with Gasteiger partial charge in [-0.3, -0.25) is 14.4 Å². The molecule has 41 heavy (non-hydrogen) atoms. The number of carboxylic acids is 1. The Morgan fingerprint density at radius 1 is 0.854 bits per heavy atom. The van der Waals surface area contributed by atoms with Gasteiger partial charge in [0.2, 0.25) is 5.91 Å². The Morgan fingerprint density at radius 3 is 2.17 bits per heavy atom. The minimum atomic E-state index is -1.41. The minimum absolute atomic E-state index is 0.0519. The van der Waals surface area contributed by atoms with Crippen LogP contribution in [0.5, 0.6) is 5.75 Å². The number of hydrogen-bond donors (Lipinski definition) is 4. The lowest BCUT2D eigenvalue weighted by Gasteiger charge is -2.23. The molecule has 0 aliphatic carbocycles. The van der Waals surface area contributed by atoms with Crippen LogP contribution in [0.2, 0.25) is 0 Å². The molecule has 1 unspecified atom stereocenters. The summed E-state index contributed by atoms with van der Waals surface area (Å²) >= 11 is 0. The normalized spacial score (nSPS) is 11.5. The molecule has 11 heteroatoms. The van der Waals surface area contributed by atoms with Gasteiger partial charge in [-0.25, -0.2) is 9.59 Å². The van der Waals surface area contributed by atoms with Crippen LogP contribution in [0, 0.1) is 0 Å². The van der Waals surface area contributed by atoms with E-state index in [9.17, 15) is 29.1 Å². The number of nitrogens with one attached hydrogen (secondary N) is 3. The molecule has 214 valence electrons. The van der Waals surface area contributed by atoms with Crippen molar-refractivity contribution >= 4 is 41.0 Å². The Hall–Kier alpha value is -5.19. The second-order valence-corrected chi connectivity index (χ2v) is 9.92. The number of carboxylic acid groups (broad SMARTS) is 1. The molecule has 0 aliphatic heterocycles. The zero-order chi connectivity index (χ0) is 30.2. The Labute approximate surface area is 236 Å². The number of anilines is 2. The predicted octanol–water partition coefficient (Wildman–Crippen LogP) is 4.49. The van der Waals surface area contributed by atoms with Crippen LogP contribution in [0.4, 0.5) is 16.2 Å². The highest BCUT2D eigenvalue weighted by molar-refractivity contribution is 6.14. The van der Waals surface area contributed by atoms with Gasteiger partial charge in [0.1, 0.15) is 17.4 Å². The summed E-state index contributed by atoms with van der Waals surface area (Å²) < 4.78 is 10.5. The van der Waals surface area contributed by atoms with Crippen molar-refractivity contribution in [2.45, 2.75) is 38.8 Å². The second-order valence-electron chi connectivity index (χ2n) is 9.92. The molecule has 0 bridgehead atoms. The number of aromatic carboxylic acids is 1. The minimum Gasteiger partial charge on any atom is -0.497 e. The van der Waals surface area contributed by atoms with Crippen LogP contribution in [0.25, 0.3) is 0 Å². The molecule has 0 saturated heterocycles. The van der Waals surface area contributed by atoms with Gasteiger partial charge in [-0.15, -0.1) is 0 Å². The quantitative estimate of drug-likeness (QED) is 0.208. The molecule has 0 spiro atoms. The van der Waals surface area contributed by atoms with Crippen molar-refractivity contribution in [2.24, 2.45) is 0 Å². The Balaban J connectivity index is 1.82. The van der Waals surface area contributed by atoms with Crippen molar-refractivity contribution in [3.63, 3.8) is 0 Å². The first-order valence-corrected chi connectivity index (χ1v) is 12.6. The molecular formula is C30H31N3O8. The molecule has 4 N–H and O–H groups in total. The zero-order valence-electron chi connectivity index (χ0n) is 23.0. The van der Waals surface area contributed by atoms with Crippen LogP contribution in [-0.2, 0) is 14.3 Å². The average Bonchev–Trinajstić information content (AvgIpc) is 2.91. The van der Waals surface area contributed by atoms with Crippen molar-refractivity contribution < 1.29 is 38.6 Å². The lowest BCUT2D eigenvalue weighted by molar-refractivity contribution is -0.156. The second kappa shape index (κ2) is 13.2. The fourth-order valence-electron chi connectivity index (χ4n) is 3.72. The first-order chi connectivity index (χ1) is 19.4. The summed E-state index contributed by atoms with van der Waals surface area (Å²) in [5.74, 6) is -2.49. The van der Waals surface area contributed by atoms with Crippen molar-refractivity contribution in [3.8, 4) is 5.75 Å². The number of urea groups is 1. The summed E-state index contributed by atoms with van der Waals surface area (Å²) in [4.78, 5) is 63.2. The summed E-state index contributed by atoms with van der Waals surface area (Å²) in [6.45, 7) is 4.99. The Bertz CT molecular complexity index is 1440. The molecule has 3 aromatic carbocycles. The van der Waals surface area contributed by atoms with E-state index < -0.39 is 41.9 Å². The Morgan fingerprint density at radius 2 is 1.54 bits per heavy atom. The first-order valence-electron chi connectivity index (χ1n) is 12.6. The smallest absolute Gasteiger partial charge is 0.335 e. The largest absolute Gasteiger partial charge is 0.497 e. The number of rotatable bonds is 10. The van der Waals surface area contributed by atoms with E-state index in [0.29, 0.717) is 11.3 Å². The number of carbonyl (C=O) groups is 5. The van der Waals surface area contributed by atoms with E-state index in [1.165, 1.54) is 37.4 Å².